The van der Waals surface area contributed by atoms with Gasteiger partial charge >= 0.3 is 0 Å². The first kappa shape index (κ1) is 31.1. The minimum absolute atomic E-state index is 0.00316. The number of carbonyl (C=O) groups is 4. The highest BCUT2D eigenvalue weighted by atomic mass is 32.2. The van der Waals surface area contributed by atoms with E-state index in [0.717, 1.165) is 34.5 Å². The minimum Gasteiger partial charge on any atom is -0.454 e. The van der Waals surface area contributed by atoms with E-state index in [4.69, 9.17) is 15.2 Å². The molecule has 11 nitrogen and oxygen atoms in total. The van der Waals surface area contributed by atoms with Crippen molar-refractivity contribution >= 4 is 46.2 Å². The largest absolute Gasteiger partial charge is 0.454 e. The van der Waals surface area contributed by atoms with Crippen LogP contribution in [0.25, 0.3) is 10.8 Å². The first-order valence-electron chi connectivity index (χ1n) is 14.6. The van der Waals surface area contributed by atoms with E-state index >= 15 is 0 Å². The van der Waals surface area contributed by atoms with Crippen molar-refractivity contribution in [3.8, 4) is 11.5 Å². The Balaban J connectivity index is 1.26. The molecule has 232 valence electrons. The van der Waals surface area contributed by atoms with Crippen LogP contribution in [-0.2, 0) is 32.0 Å². The summed E-state index contributed by atoms with van der Waals surface area (Å²) >= 11 is 1.09. The van der Waals surface area contributed by atoms with Crippen LogP contribution in [0.5, 0.6) is 11.5 Å². The molecular weight excluding hydrogens is 584 g/mol. The zero-order valence-electron chi connectivity index (χ0n) is 24.2. The summed E-state index contributed by atoms with van der Waals surface area (Å²) in [6, 6.07) is 16.1. The van der Waals surface area contributed by atoms with Crippen molar-refractivity contribution in [1.82, 2.24) is 15.5 Å². The lowest BCUT2D eigenvalue weighted by Gasteiger charge is -2.37. The molecule has 5 rings (SSSR count). The molecule has 0 radical (unpaired) electrons. The first-order chi connectivity index (χ1) is 21.3. The molecule has 44 heavy (non-hydrogen) atoms. The van der Waals surface area contributed by atoms with Gasteiger partial charge in [0.2, 0.25) is 30.4 Å². The Morgan fingerprint density at radius 2 is 1.70 bits per heavy atom. The molecule has 0 unspecified atom stereocenters. The Morgan fingerprint density at radius 3 is 2.50 bits per heavy atom. The van der Waals surface area contributed by atoms with Crippen molar-refractivity contribution in [3.05, 3.63) is 71.8 Å². The van der Waals surface area contributed by atoms with Gasteiger partial charge in [-0.15, -0.1) is 11.8 Å². The fraction of sp³-hybridized carbons (Fsp3) is 0.375. The van der Waals surface area contributed by atoms with Crippen molar-refractivity contribution in [2.45, 2.75) is 50.2 Å². The van der Waals surface area contributed by atoms with Crippen molar-refractivity contribution in [3.63, 3.8) is 0 Å². The van der Waals surface area contributed by atoms with Gasteiger partial charge in [-0.3, -0.25) is 19.2 Å². The third-order valence-corrected chi connectivity index (χ3v) is 8.56. The molecule has 3 aromatic carbocycles. The zero-order valence-corrected chi connectivity index (χ0v) is 25.0. The van der Waals surface area contributed by atoms with Crippen molar-refractivity contribution in [2.24, 2.45) is 5.73 Å². The maximum absolute atomic E-state index is 13.8. The Kier molecular flexibility index (Phi) is 10.2. The van der Waals surface area contributed by atoms with E-state index in [1.807, 2.05) is 42.5 Å². The van der Waals surface area contributed by atoms with Crippen LogP contribution in [0, 0.1) is 0 Å². The number of ether oxygens (including phenoxy) is 2. The van der Waals surface area contributed by atoms with Gasteiger partial charge in [-0.25, -0.2) is 0 Å². The molecule has 2 aliphatic heterocycles. The van der Waals surface area contributed by atoms with E-state index in [1.54, 1.807) is 18.2 Å². The molecule has 3 aromatic rings. The second-order valence-electron chi connectivity index (χ2n) is 10.9. The lowest BCUT2D eigenvalue weighted by molar-refractivity contribution is -0.145. The quantitative estimate of drug-likeness (QED) is 0.223. The van der Waals surface area contributed by atoms with Gasteiger partial charge in [-0.1, -0.05) is 48.5 Å². The number of thioether (sulfide) groups is 1. The molecule has 0 aromatic heterocycles. The molecule has 1 fully saturated rings. The average molecular weight is 621 g/mol. The summed E-state index contributed by atoms with van der Waals surface area (Å²) in [6.07, 6.45) is 2.03. The summed E-state index contributed by atoms with van der Waals surface area (Å²) in [6.45, 7) is 0.440. The number of hydrogen-bond donors (Lipinski definition) is 4. The summed E-state index contributed by atoms with van der Waals surface area (Å²) in [5.41, 5.74) is 7.23. The van der Waals surface area contributed by atoms with Crippen LogP contribution in [0.4, 0.5) is 0 Å². The fourth-order valence-corrected chi connectivity index (χ4v) is 6.15. The number of rotatable bonds is 12. The molecule has 1 saturated heterocycles. The normalized spacial score (nSPS) is 17.1. The molecule has 2 aliphatic rings. The number of aliphatic hydroxyl groups excluding tert-OH is 1. The van der Waals surface area contributed by atoms with Gasteiger partial charge in [-0.2, -0.15) is 0 Å². The molecular formula is C32H36N4O7S. The second-order valence-corrected chi connectivity index (χ2v) is 11.9. The number of nitrogens with zero attached hydrogens (tertiary/aromatic N) is 1. The van der Waals surface area contributed by atoms with E-state index in [-0.39, 0.29) is 37.2 Å². The van der Waals surface area contributed by atoms with Crippen LogP contribution < -0.4 is 25.8 Å². The van der Waals surface area contributed by atoms with Crippen LogP contribution in [0.1, 0.15) is 30.4 Å². The predicted octanol–water partition coefficient (Wildman–Crippen LogP) is 1.87. The number of likely N-dealkylation sites (tertiary alicyclic amines) is 1. The predicted molar refractivity (Wildman–Crippen MR) is 166 cm³/mol. The van der Waals surface area contributed by atoms with Crippen LogP contribution in [0.3, 0.4) is 0 Å². The summed E-state index contributed by atoms with van der Waals surface area (Å²) in [7, 11) is 0. The smallest absolute Gasteiger partial charge is 0.246 e. The number of hydrogen-bond acceptors (Lipinski definition) is 8. The third kappa shape index (κ3) is 7.61. The van der Waals surface area contributed by atoms with Crippen LogP contribution >= 0.6 is 11.8 Å². The van der Waals surface area contributed by atoms with E-state index in [9.17, 15) is 24.3 Å². The van der Waals surface area contributed by atoms with E-state index < -0.39 is 35.8 Å². The highest BCUT2D eigenvalue weighted by molar-refractivity contribution is 7.99. The molecule has 2 heterocycles. The summed E-state index contributed by atoms with van der Waals surface area (Å²) in [5, 5.41) is 17.1. The molecule has 0 saturated carbocycles. The zero-order chi connectivity index (χ0) is 31.1. The number of nitrogens with two attached hydrogens (primary N) is 1. The number of aliphatic hydroxyl groups is 1. The Hall–Kier alpha value is -4.29. The molecule has 12 heteroatoms. The second kappa shape index (κ2) is 14.5. The summed E-state index contributed by atoms with van der Waals surface area (Å²) < 4.78 is 10.7. The summed E-state index contributed by atoms with van der Waals surface area (Å²) in [5.74, 6) is -0.906. The van der Waals surface area contributed by atoms with Gasteiger partial charge in [0.05, 0.1) is 12.4 Å². The van der Waals surface area contributed by atoms with Gasteiger partial charge in [-0.05, 0) is 53.3 Å². The molecule has 4 amide bonds. The lowest BCUT2D eigenvalue weighted by Crippen LogP contribution is -2.60. The number of piperidine rings is 1. The number of nitrogens with one attached hydrogen (secondary N) is 2. The summed E-state index contributed by atoms with van der Waals surface area (Å²) in [4.78, 5) is 54.2. The molecule has 0 bridgehead atoms. The number of carbonyl (C=O) groups excluding carboxylic acids is 4. The highest BCUT2D eigenvalue weighted by Gasteiger charge is 2.37. The van der Waals surface area contributed by atoms with Gasteiger partial charge in [0.25, 0.3) is 0 Å². The maximum atomic E-state index is 13.8. The first-order valence-corrected chi connectivity index (χ1v) is 15.7. The lowest BCUT2D eigenvalue weighted by atomic mass is 9.98. The molecule has 5 N–H and O–H groups in total. The van der Waals surface area contributed by atoms with Crippen molar-refractivity contribution in [1.29, 1.82) is 0 Å². The van der Waals surface area contributed by atoms with Gasteiger partial charge in [0.1, 0.15) is 18.1 Å². The average Bonchev–Trinajstić information content (AvgIpc) is 3.50. The van der Waals surface area contributed by atoms with Crippen molar-refractivity contribution in [2.75, 3.05) is 25.0 Å². The minimum atomic E-state index is -0.968. The number of amides is 4. The Bertz CT molecular complexity index is 1530. The van der Waals surface area contributed by atoms with E-state index in [1.165, 1.54) is 4.90 Å². The van der Waals surface area contributed by atoms with Gasteiger partial charge in [0.15, 0.2) is 11.5 Å². The highest BCUT2D eigenvalue weighted by Crippen LogP contribution is 2.32. The molecule has 3 atom stereocenters. The Morgan fingerprint density at radius 1 is 0.932 bits per heavy atom. The van der Waals surface area contributed by atoms with Crippen molar-refractivity contribution < 1.29 is 33.8 Å². The number of fused-ring (bicyclic) bond motifs is 2. The van der Waals surface area contributed by atoms with Gasteiger partial charge in [0, 0.05) is 18.7 Å². The van der Waals surface area contributed by atoms with Crippen LogP contribution in [0.15, 0.2) is 60.7 Å². The monoisotopic (exact) mass is 620 g/mol. The van der Waals surface area contributed by atoms with E-state index in [2.05, 4.69) is 10.6 Å². The molecule has 0 spiro atoms. The SMILES string of the molecule is NC(=O)[C@H](Cc1ccc2ccccc2c1)NC(=O)[C@@H]1CCCCN1C(=O)[C@H](CSCO)NC(=O)Cc1ccc2c(c1)OCO2. The standard InChI is InChI=1S/C32H36N4O7S/c33-30(39)24(14-20-8-10-22-5-1-2-6-23(22)13-20)35-31(40)26-7-3-4-12-36(26)32(41)25(17-44-18-37)34-29(38)16-21-9-11-27-28(15-21)43-19-42-27/h1-2,5-6,8-11,13,15,24-26,37H,3-4,7,12,14,16-19H2,(H2,33,39)(H,34,38)(H,35,40)/t24-,25-,26-/m0/s1. The fourth-order valence-electron chi connectivity index (χ4n) is 5.59. The molecule has 0 aliphatic carbocycles. The number of primary amides is 1. The topological polar surface area (TPSA) is 160 Å². The maximum Gasteiger partial charge on any atom is 0.246 e. The van der Waals surface area contributed by atoms with Crippen LogP contribution in [-0.4, -0.2) is 76.8 Å². The number of benzene rings is 3. The van der Waals surface area contributed by atoms with Gasteiger partial charge < -0.3 is 35.8 Å². The Labute approximate surface area is 259 Å². The van der Waals surface area contributed by atoms with E-state index in [0.29, 0.717) is 36.4 Å². The van der Waals surface area contributed by atoms with Crippen LogP contribution in [0.2, 0.25) is 0 Å². The third-order valence-electron chi connectivity index (χ3n) is 7.81.